The van der Waals surface area contributed by atoms with Gasteiger partial charge in [0.05, 0.1) is 10.8 Å². The fraction of sp³-hybridized carbons (Fsp3) is 0.348. The Bertz CT molecular complexity index is 1110. The van der Waals surface area contributed by atoms with Gasteiger partial charge in [0.25, 0.3) is 0 Å². The number of anilines is 1. The van der Waals surface area contributed by atoms with Crippen molar-refractivity contribution in [1.29, 1.82) is 0 Å². The number of hydrogen-bond acceptors (Lipinski definition) is 4. The van der Waals surface area contributed by atoms with E-state index in [0.717, 1.165) is 24.9 Å². The normalized spacial score (nSPS) is 19.0. The second-order valence-electron chi connectivity index (χ2n) is 8.04. The van der Waals surface area contributed by atoms with Crippen LogP contribution in [-0.2, 0) is 11.2 Å². The van der Waals surface area contributed by atoms with E-state index in [1.54, 1.807) is 18.2 Å². The number of nitrogens with zero attached hydrogens (tertiary/aromatic N) is 4. The third-order valence-electron chi connectivity index (χ3n) is 5.77. The van der Waals surface area contributed by atoms with E-state index in [0.29, 0.717) is 16.5 Å². The van der Waals surface area contributed by atoms with Gasteiger partial charge in [0.2, 0.25) is 5.91 Å². The maximum absolute atomic E-state index is 14.4. The maximum atomic E-state index is 14.4. The lowest BCUT2D eigenvalue weighted by Gasteiger charge is -2.25. The van der Waals surface area contributed by atoms with Crippen LogP contribution in [0.4, 0.5) is 10.1 Å². The molecule has 0 N–H and O–H groups in total. The lowest BCUT2D eigenvalue weighted by atomic mass is 10.1. The summed E-state index contributed by atoms with van der Waals surface area (Å²) in [5.74, 6) is 0.294. The highest BCUT2D eigenvalue weighted by molar-refractivity contribution is 8.00. The van der Waals surface area contributed by atoms with E-state index in [4.69, 9.17) is 0 Å². The monoisotopic (exact) mass is 422 g/mol. The van der Waals surface area contributed by atoms with Crippen LogP contribution >= 0.6 is 11.8 Å². The number of benzene rings is 2. The molecular formula is C23H23FN4OS. The number of carbonyl (C=O) groups is 1. The summed E-state index contributed by atoms with van der Waals surface area (Å²) in [6.07, 6.45) is 2.91. The van der Waals surface area contributed by atoms with Crippen LogP contribution in [-0.4, -0.2) is 32.0 Å². The van der Waals surface area contributed by atoms with E-state index in [-0.39, 0.29) is 29.1 Å². The first kappa shape index (κ1) is 19.3. The van der Waals surface area contributed by atoms with Gasteiger partial charge in [0.15, 0.2) is 11.0 Å². The smallest absolute Gasteiger partial charge is 0.240 e. The molecule has 1 amide bonds. The molecular weight excluding hydrogens is 399 g/mol. The van der Waals surface area contributed by atoms with E-state index in [1.807, 2.05) is 34.6 Å². The van der Waals surface area contributed by atoms with Crippen LogP contribution in [0.3, 0.4) is 0 Å². The molecule has 0 unspecified atom stereocenters. The van der Waals surface area contributed by atoms with Gasteiger partial charge in [-0.3, -0.25) is 9.36 Å². The molecule has 2 aliphatic rings. The van der Waals surface area contributed by atoms with E-state index in [9.17, 15) is 9.18 Å². The lowest BCUT2D eigenvalue weighted by Crippen LogP contribution is -2.40. The quantitative estimate of drug-likeness (QED) is 0.550. The van der Waals surface area contributed by atoms with Crippen LogP contribution in [0.15, 0.2) is 53.7 Å². The third kappa shape index (κ3) is 3.31. The molecule has 5 rings (SSSR count). The molecule has 5 nitrogen and oxygen atoms in total. The predicted octanol–water partition coefficient (Wildman–Crippen LogP) is 4.88. The van der Waals surface area contributed by atoms with Crippen LogP contribution < -0.4 is 4.90 Å². The largest absolute Gasteiger partial charge is 0.308 e. The lowest BCUT2D eigenvalue weighted by molar-refractivity contribution is -0.118. The highest BCUT2D eigenvalue weighted by Crippen LogP contribution is 2.42. The zero-order chi connectivity index (χ0) is 20.8. The first-order valence-electron chi connectivity index (χ1n) is 10.3. The fourth-order valence-corrected chi connectivity index (χ4v) is 5.12. The van der Waals surface area contributed by atoms with E-state index >= 15 is 0 Å². The summed E-state index contributed by atoms with van der Waals surface area (Å²) < 4.78 is 16.4. The number of carbonyl (C=O) groups excluding carboxylic acids is 1. The van der Waals surface area contributed by atoms with Crippen molar-refractivity contribution in [2.75, 3.05) is 4.90 Å². The van der Waals surface area contributed by atoms with Crippen molar-refractivity contribution >= 4 is 23.4 Å². The van der Waals surface area contributed by atoms with E-state index in [2.05, 4.69) is 23.2 Å². The van der Waals surface area contributed by atoms with Crippen LogP contribution in [0.25, 0.3) is 11.4 Å². The van der Waals surface area contributed by atoms with Crippen molar-refractivity contribution in [2.24, 2.45) is 0 Å². The molecule has 1 fully saturated rings. The number of halogens is 1. The van der Waals surface area contributed by atoms with E-state index < -0.39 is 0 Å². The molecule has 0 radical (unpaired) electrons. The number of fused-ring (bicyclic) bond motifs is 1. The number of thioether (sulfide) groups is 1. The Hall–Kier alpha value is -2.67. The molecule has 2 atom stereocenters. The molecule has 0 spiro atoms. The Morgan fingerprint density at radius 2 is 1.87 bits per heavy atom. The molecule has 0 saturated heterocycles. The SMILES string of the molecule is C[C@H](Sc1nnc(-c2ccccc2F)n1C1CC1)C(=O)N1c2ccccc2C[C@H]1C. The minimum absolute atomic E-state index is 0.0650. The Labute approximate surface area is 179 Å². The summed E-state index contributed by atoms with van der Waals surface area (Å²) in [7, 11) is 0. The second-order valence-corrected chi connectivity index (χ2v) is 9.35. The molecule has 0 bridgehead atoms. The first-order valence-corrected chi connectivity index (χ1v) is 11.2. The van der Waals surface area contributed by atoms with Crippen molar-refractivity contribution < 1.29 is 9.18 Å². The van der Waals surface area contributed by atoms with Crippen LogP contribution in [0.5, 0.6) is 0 Å². The Balaban J connectivity index is 1.43. The molecule has 1 aromatic heterocycles. The van der Waals surface area contributed by atoms with Gasteiger partial charge < -0.3 is 4.90 Å². The number of para-hydroxylation sites is 1. The van der Waals surface area contributed by atoms with Gasteiger partial charge in [-0.25, -0.2) is 4.39 Å². The number of hydrogen-bond donors (Lipinski definition) is 0. The molecule has 2 aromatic carbocycles. The van der Waals surface area contributed by atoms with Crippen molar-refractivity contribution in [3.8, 4) is 11.4 Å². The van der Waals surface area contributed by atoms with Gasteiger partial charge in [-0.15, -0.1) is 10.2 Å². The molecule has 2 heterocycles. The van der Waals surface area contributed by atoms with Gasteiger partial charge in [-0.05, 0) is 56.9 Å². The molecule has 3 aromatic rings. The average molecular weight is 423 g/mol. The zero-order valence-corrected chi connectivity index (χ0v) is 17.8. The molecule has 1 aliphatic carbocycles. The molecule has 154 valence electrons. The summed E-state index contributed by atoms with van der Waals surface area (Å²) in [5.41, 5.74) is 2.65. The summed E-state index contributed by atoms with van der Waals surface area (Å²) >= 11 is 1.41. The summed E-state index contributed by atoms with van der Waals surface area (Å²) in [5, 5.41) is 8.99. The molecule has 7 heteroatoms. The highest BCUT2D eigenvalue weighted by atomic mass is 32.2. The predicted molar refractivity (Wildman–Crippen MR) is 116 cm³/mol. The minimum atomic E-state index is -0.325. The highest BCUT2D eigenvalue weighted by Gasteiger charge is 2.36. The van der Waals surface area contributed by atoms with E-state index in [1.165, 1.54) is 23.4 Å². The minimum Gasteiger partial charge on any atom is -0.308 e. The van der Waals surface area contributed by atoms with Gasteiger partial charge in [0, 0.05) is 17.8 Å². The van der Waals surface area contributed by atoms with Crippen LogP contribution in [0.2, 0.25) is 0 Å². The van der Waals surface area contributed by atoms with Gasteiger partial charge in [0.1, 0.15) is 5.82 Å². The molecule has 1 aliphatic heterocycles. The molecule has 30 heavy (non-hydrogen) atoms. The van der Waals surface area contributed by atoms with Crippen molar-refractivity contribution in [2.45, 2.75) is 55.6 Å². The number of aromatic nitrogens is 3. The fourth-order valence-electron chi connectivity index (χ4n) is 4.15. The maximum Gasteiger partial charge on any atom is 0.240 e. The van der Waals surface area contributed by atoms with Gasteiger partial charge in [-0.1, -0.05) is 42.1 Å². The van der Waals surface area contributed by atoms with Crippen molar-refractivity contribution in [1.82, 2.24) is 14.8 Å². The number of amides is 1. The average Bonchev–Trinajstić information content (AvgIpc) is 3.41. The Kier molecular flexibility index (Phi) is 4.85. The standard InChI is InChI=1S/C23H23FN4OS/c1-14-13-16-7-3-6-10-20(16)27(14)22(29)15(2)30-23-26-25-21(28(23)17-11-12-17)18-8-4-5-9-19(18)24/h3-10,14-15,17H,11-13H2,1-2H3/t14-,15+/m1/s1. The summed E-state index contributed by atoms with van der Waals surface area (Å²) in [6.45, 7) is 3.99. The third-order valence-corrected chi connectivity index (χ3v) is 6.81. The van der Waals surface area contributed by atoms with Crippen LogP contribution in [0.1, 0.15) is 38.3 Å². The summed E-state index contributed by atoms with van der Waals surface area (Å²) in [4.78, 5) is 15.2. The van der Waals surface area contributed by atoms with Gasteiger partial charge in [-0.2, -0.15) is 0 Å². The topological polar surface area (TPSA) is 51.0 Å². The Morgan fingerprint density at radius 1 is 1.13 bits per heavy atom. The number of rotatable bonds is 5. The van der Waals surface area contributed by atoms with Gasteiger partial charge >= 0.3 is 0 Å². The van der Waals surface area contributed by atoms with Crippen LogP contribution in [0, 0.1) is 5.82 Å². The Morgan fingerprint density at radius 3 is 2.63 bits per heavy atom. The van der Waals surface area contributed by atoms with Crippen molar-refractivity contribution in [3.05, 3.63) is 59.9 Å². The zero-order valence-electron chi connectivity index (χ0n) is 17.0. The first-order chi connectivity index (χ1) is 14.5. The summed E-state index contributed by atoms with van der Waals surface area (Å²) in [6, 6.07) is 15.1. The second kappa shape index (κ2) is 7.54. The molecule has 1 saturated carbocycles. The van der Waals surface area contributed by atoms with Crippen molar-refractivity contribution in [3.63, 3.8) is 0 Å².